The van der Waals surface area contributed by atoms with Gasteiger partial charge in [0, 0.05) is 22.8 Å². The molecule has 6 rings (SSSR count). The number of allylic oxidation sites excluding steroid dienone is 1. The van der Waals surface area contributed by atoms with Gasteiger partial charge < -0.3 is 15.0 Å². The second-order valence-corrected chi connectivity index (χ2v) is 12.7. The summed E-state index contributed by atoms with van der Waals surface area (Å²) in [6, 6.07) is 25.4. The predicted molar refractivity (Wildman–Crippen MR) is 182 cm³/mol. The van der Waals surface area contributed by atoms with Crippen molar-refractivity contribution in [3.63, 3.8) is 0 Å². The molecule has 0 unspecified atom stereocenters. The van der Waals surface area contributed by atoms with Gasteiger partial charge in [-0.15, -0.1) is 0 Å². The fourth-order valence-electron chi connectivity index (χ4n) is 5.94. The quantitative estimate of drug-likeness (QED) is 0.227. The van der Waals surface area contributed by atoms with Gasteiger partial charge >= 0.3 is 5.97 Å². The number of hydrogen-bond acceptors (Lipinski definition) is 5. The lowest BCUT2D eigenvalue weighted by Crippen LogP contribution is -2.40. The van der Waals surface area contributed by atoms with Crippen molar-refractivity contribution < 1.29 is 14.7 Å². The molecule has 232 valence electrons. The third kappa shape index (κ3) is 5.65. The molecule has 0 saturated heterocycles. The van der Waals surface area contributed by atoms with E-state index in [1.165, 1.54) is 16.9 Å². The molecular formula is C37H34N4O4S. The lowest BCUT2D eigenvalue weighted by Gasteiger charge is -2.25. The summed E-state index contributed by atoms with van der Waals surface area (Å²) in [6.07, 6.45) is 1.87. The van der Waals surface area contributed by atoms with Gasteiger partial charge in [0.15, 0.2) is 4.80 Å². The van der Waals surface area contributed by atoms with E-state index in [9.17, 15) is 19.5 Å². The van der Waals surface area contributed by atoms with Crippen molar-refractivity contribution in [2.45, 2.75) is 46.6 Å². The zero-order chi connectivity index (χ0) is 32.7. The number of rotatable bonds is 7. The standard InChI is InChI=1S/C37H34N4O4S/c1-21(2)25-11-13-26(14-12-25)33-32(34(42)39-29-9-7-6-8-10-29)23(4)38-37-41(33)35(43)31(46-37)20-28-19-22(3)40(24(28)5)30-17-15-27(16-18-30)36(44)45/h6-21,33H,1-5H3,(H,39,42)(H,44,45)/b31-20-/t33-/m0/s1. The Kier molecular flexibility index (Phi) is 8.19. The van der Waals surface area contributed by atoms with Crippen LogP contribution in [0.4, 0.5) is 5.69 Å². The molecule has 1 aliphatic heterocycles. The molecule has 0 saturated carbocycles. The molecule has 3 heterocycles. The molecule has 0 fully saturated rings. The van der Waals surface area contributed by atoms with Gasteiger partial charge in [-0.25, -0.2) is 9.79 Å². The van der Waals surface area contributed by atoms with Crippen LogP contribution in [0.15, 0.2) is 106 Å². The Hall–Kier alpha value is -5.28. The van der Waals surface area contributed by atoms with E-state index in [1.54, 1.807) is 28.8 Å². The van der Waals surface area contributed by atoms with Gasteiger partial charge in [0.1, 0.15) is 0 Å². The normalized spacial score (nSPS) is 14.7. The molecule has 1 aliphatic rings. The number of hydrogen-bond donors (Lipinski definition) is 2. The Morgan fingerprint density at radius 1 is 0.957 bits per heavy atom. The SMILES string of the molecule is CC1=C(C(=O)Nc2ccccc2)[C@H](c2ccc(C(C)C)cc2)n2c(s/c(=C\c3cc(C)n(-c4ccc(C(=O)O)cc4)c3C)c2=O)=N1. The zero-order valence-electron chi connectivity index (χ0n) is 26.2. The highest BCUT2D eigenvalue weighted by atomic mass is 32.1. The van der Waals surface area contributed by atoms with Gasteiger partial charge in [-0.3, -0.25) is 14.2 Å². The van der Waals surface area contributed by atoms with Gasteiger partial charge in [0.25, 0.3) is 11.5 Å². The van der Waals surface area contributed by atoms with Crippen LogP contribution >= 0.6 is 11.3 Å². The average Bonchev–Trinajstić information content (AvgIpc) is 3.49. The van der Waals surface area contributed by atoms with E-state index in [4.69, 9.17) is 4.99 Å². The summed E-state index contributed by atoms with van der Waals surface area (Å²) in [5.74, 6) is -0.950. The number of carboxylic acids is 1. The van der Waals surface area contributed by atoms with Crippen LogP contribution in [-0.2, 0) is 4.79 Å². The maximum Gasteiger partial charge on any atom is 0.335 e. The number of nitrogens with zero attached hydrogens (tertiary/aromatic N) is 3. The molecule has 9 heteroatoms. The molecule has 0 radical (unpaired) electrons. The number of thiazole rings is 1. The fourth-order valence-corrected chi connectivity index (χ4v) is 6.97. The van der Waals surface area contributed by atoms with E-state index in [0.717, 1.165) is 28.2 Å². The van der Waals surface area contributed by atoms with Crippen LogP contribution in [-0.4, -0.2) is 26.1 Å². The number of anilines is 1. The van der Waals surface area contributed by atoms with Crippen molar-refractivity contribution in [1.82, 2.24) is 9.13 Å². The average molecular weight is 631 g/mol. The number of amides is 1. The second-order valence-electron chi connectivity index (χ2n) is 11.7. The van der Waals surface area contributed by atoms with Crippen molar-refractivity contribution in [2.75, 3.05) is 5.32 Å². The number of carboxylic acid groups (broad SMARTS) is 1. The highest BCUT2D eigenvalue weighted by Gasteiger charge is 2.32. The minimum absolute atomic E-state index is 0.216. The van der Waals surface area contributed by atoms with E-state index in [1.807, 2.05) is 79.9 Å². The van der Waals surface area contributed by atoms with Crippen molar-refractivity contribution in [3.05, 3.63) is 150 Å². The third-order valence-corrected chi connectivity index (χ3v) is 9.33. The molecule has 0 spiro atoms. The number of aryl methyl sites for hydroxylation is 1. The van der Waals surface area contributed by atoms with Crippen molar-refractivity contribution >= 4 is 35.0 Å². The lowest BCUT2D eigenvalue weighted by atomic mass is 9.93. The topological polar surface area (TPSA) is 106 Å². The minimum Gasteiger partial charge on any atom is -0.478 e. The Morgan fingerprint density at radius 2 is 1.63 bits per heavy atom. The van der Waals surface area contributed by atoms with Crippen LogP contribution in [0.2, 0.25) is 0 Å². The zero-order valence-corrected chi connectivity index (χ0v) is 27.1. The summed E-state index contributed by atoms with van der Waals surface area (Å²) in [5.41, 5.74) is 7.16. The molecular weight excluding hydrogens is 596 g/mol. The number of benzene rings is 3. The van der Waals surface area contributed by atoms with E-state index in [-0.39, 0.29) is 17.0 Å². The summed E-state index contributed by atoms with van der Waals surface area (Å²) >= 11 is 1.30. The van der Waals surface area contributed by atoms with Crippen molar-refractivity contribution in [2.24, 2.45) is 4.99 Å². The summed E-state index contributed by atoms with van der Waals surface area (Å²) in [5, 5.41) is 12.3. The number of para-hydroxylation sites is 1. The molecule has 2 N–H and O–H groups in total. The number of aromatic nitrogens is 2. The Bertz CT molecular complexity index is 2190. The molecule has 1 amide bonds. The largest absolute Gasteiger partial charge is 0.478 e. The first-order valence-electron chi connectivity index (χ1n) is 15.0. The predicted octanol–water partition coefficient (Wildman–Crippen LogP) is 6.10. The number of carbonyl (C=O) groups is 2. The van der Waals surface area contributed by atoms with Crippen LogP contribution in [0, 0.1) is 13.8 Å². The first-order chi connectivity index (χ1) is 22.0. The first kappa shape index (κ1) is 30.7. The Morgan fingerprint density at radius 3 is 2.26 bits per heavy atom. The number of nitrogens with one attached hydrogen (secondary N) is 1. The molecule has 3 aromatic carbocycles. The van der Waals surface area contributed by atoms with Crippen molar-refractivity contribution in [1.29, 1.82) is 0 Å². The Balaban J connectivity index is 1.47. The number of aromatic carboxylic acids is 1. The number of fused-ring (bicyclic) bond motifs is 1. The maximum atomic E-state index is 14.2. The monoisotopic (exact) mass is 630 g/mol. The van der Waals surface area contributed by atoms with E-state index in [0.29, 0.717) is 32.2 Å². The van der Waals surface area contributed by atoms with Gasteiger partial charge in [0.2, 0.25) is 0 Å². The summed E-state index contributed by atoms with van der Waals surface area (Å²) in [7, 11) is 0. The molecule has 2 aromatic heterocycles. The first-order valence-corrected chi connectivity index (χ1v) is 15.9. The molecule has 0 aliphatic carbocycles. The Labute approximate surface area is 270 Å². The highest BCUT2D eigenvalue weighted by molar-refractivity contribution is 7.07. The van der Waals surface area contributed by atoms with Gasteiger partial charge in [-0.2, -0.15) is 0 Å². The molecule has 8 nitrogen and oxygen atoms in total. The number of carbonyl (C=O) groups excluding carboxylic acids is 1. The van der Waals surface area contributed by atoms with E-state index in [2.05, 4.69) is 31.3 Å². The molecule has 1 atom stereocenters. The van der Waals surface area contributed by atoms with Crippen LogP contribution < -0.4 is 20.2 Å². The second kappa shape index (κ2) is 12.3. The van der Waals surface area contributed by atoms with Crippen LogP contribution in [0.25, 0.3) is 11.8 Å². The smallest absolute Gasteiger partial charge is 0.335 e. The lowest BCUT2D eigenvalue weighted by molar-refractivity contribution is -0.113. The molecule has 0 bridgehead atoms. The third-order valence-electron chi connectivity index (χ3n) is 8.35. The fraction of sp³-hybridized carbons (Fsp3) is 0.189. The van der Waals surface area contributed by atoms with Crippen LogP contribution in [0.5, 0.6) is 0 Å². The van der Waals surface area contributed by atoms with Crippen molar-refractivity contribution in [3.8, 4) is 5.69 Å². The van der Waals surface area contributed by atoms with Gasteiger partial charge in [-0.1, -0.05) is 67.6 Å². The maximum absolute atomic E-state index is 14.2. The summed E-state index contributed by atoms with van der Waals surface area (Å²) in [6.45, 7) is 10.0. The van der Waals surface area contributed by atoms with Gasteiger partial charge in [0.05, 0.1) is 27.4 Å². The summed E-state index contributed by atoms with van der Waals surface area (Å²) < 4.78 is 4.17. The van der Waals surface area contributed by atoms with Crippen LogP contribution in [0.1, 0.15) is 71.2 Å². The minimum atomic E-state index is -0.978. The molecule has 46 heavy (non-hydrogen) atoms. The van der Waals surface area contributed by atoms with Gasteiger partial charge in [-0.05, 0) is 91.9 Å². The summed E-state index contributed by atoms with van der Waals surface area (Å²) in [4.78, 5) is 44.8. The van der Waals surface area contributed by atoms with Crippen LogP contribution in [0.3, 0.4) is 0 Å². The molecule has 5 aromatic rings. The highest BCUT2D eigenvalue weighted by Crippen LogP contribution is 2.32. The van der Waals surface area contributed by atoms with E-state index >= 15 is 0 Å². The van der Waals surface area contributed by atoms with E-state index < -0.39 is 12.0 Å².